The third-order valence-electron chi connectivity index (χ3n) is 3.41. The maximum absolute atomic E-state index is 11.7. The molecule has 0 bridgehead atoms. The summed E-state index contributed by atoms with van der Waals surface area (Å²) >= 11 is 1.61. The van der Waals surface area contributed by atoms with Crippen LogP contribution in [0.2, 0.25) is 0 Å². The lowest BCUT2D eigenvalue weighted by atomic mass is 10.1. The molecule has 0 aliphatic carbocycles. The maximum Gasteiger partial charge on any atom is 0.183 e. The Bertz CT molecular complexity index is 658. The second-order valence-electron chi connectivity index (χ2n) is 5.02. The Morgan fingerprint density at radius 1 is 1.38 bits per heavy atom. The van der Waals surface area contributed by atoms with E-state index in [1.165, 1.54) is 0 Å². The molecule has 0 radical (unpaired) electrons. The second kappa shape index (κ2) is 6.41. The van der Waals surface area contributed by atoms with Crippen LogP contribution in [-0.2, 0) is 4.74 Å². The number of H-pyrrole nitrogens is 1. The summed E-state index contributed by atoms with van der Waals surface area (Å²) < 4.78 is 5.02. The number of anilines is 1. The zero-order chi connectivity index (χ0) is 15.6. The summed E-state index contributed by atoms with van der Waals surface area (Å²) in [7, 11) is 1.68. The molecule has 0 aromatic carbocycles. The van der Waals surface area contributed by atoms with Crippen molar-refractivity contribution in [2.45, 2.75) is 27.7 Å². The fourth-order valence-electron chi connectivity index (χ4n) is 2.48. The van der Waals surface area contributed by atoms with Gasteiger partial charge in [0, 0.05) is 29.8 Å². The van der Waals surface area contributed by atoms with E-state index in [0.717, 1.165) is 44.8 Å². The molecule has 0 aliphatic rings. The van der Waals surface area contributed by atoms with Gasteiger partial charge in [0.25, 0.3) is 0 Å². The molecule has 2 rings (SSSR count). The van der Waals surface area contributed by atoms with E-state index in [0.29, 0.717) is 6.61 Å². The minimum absolute atomic E-state index is 0.0822. The van der Waals surface area contributed by atoms with Gasteiger partial charge in [0.1, 0.15) is 5.69 Å². The van der Waals surface area contributed by atoms with Gasteiger partial charge in [0.05, 0.1) is 12.3 Å². The van der Waals surface area contributed by atoms with Gasteiger partial charge in [-0.2, -0.15) is 0 Å². The lowest BCUT2D eigenvalue weighted by molar-refractivity contribution is 0.101. The van der Waals surface area contributed by atoms with Crippen LogP contribution in [0, 0.1) is 20.8 Å². The highest BCUT2D eigenvalue weighted by Crippen LogP contribution is 2.33. The average Bonchev–Trinajstić information content (AvgIpc) is 2.90. The predicted molar refractivity (Wildman–Crippen MR) is 86.5 cm³/mol. The van der Waals surface area contributed by atoms with E-state index in [2.05, 4.69) is 15.3 Å². The molecule has 114 valence electrons. The van der Waals surface area contributed by atoms with Crippen LogP contribution >= 0.6 is 11.3 Å². The van der Waals surface area contributed by atoms with Crippen LogP contribution in [0.15, 0.2) is 0 Å². The van der Waals surface area contributed by atoms with Crippen molar-refractivity contribution in [2.75, 3.05) is 25.6 Å². The molecule has 2 aromatic rings. The van der Waals surface area contributed by atoms with Crippen LogP contribution in [0.4, 0.5) is 5.13 Å². The molecule has 21 heavy (non-hydrogen) atoms. The summed E-state index contributed by atoms with van der Waals surface area (Å²) in [5, 5.41) is 4.11. The van der Waals surface area contributed by atoms with Crippen LogP contribution in [0.3, 0.4) is 0 Å². The minimum atomic E-state index is 0.0822. The molecule has 0 spiro atoms. The third kappa shape index (κ3) is 3.16. The lowest BCUT2D eigenvalue weighted by Gasteiger charge is -2.00. The number of carbonyl (C=O) groups excluding carboxylic acids is 1. The van der Waals surface area contributed by atoms with Gasteiger partial charge < -0.3 is 15.0 Å². The normalized spacial score (nSPS) is 10.9. The summed E-state index contributed by atoms with van der Waals surface area (Å²) in [5.74, 6) is 0.0822. The number of Topliss-reactive ketones (excluding diaryl/α,β-unsaturated/α-hetero) is 1. The first-order chi connectivity index (χ1) is 9.95. The first-order valence-corrected chi connectivity index (χ1v) is 7.68. The van der Waals surface area contributed by atoms with E-state index in [1.807, 2.05) is 20.8 Å². The Balaban J connectivity index is 2.34. The molecular weight excluding hydrogens is 286 g/mol. The van der Waals surface area contributed by atoms with Gasteiger partial charge >= 0.3 is 0 Å². The van der Waals surface area contributed by atoms with Crippen molar-refractivity contribution in [2.24, 2.45) is 0 Å². The van der Waals surface area contributed by atoms with E-state index in [9.17, 15) is 4.79 Å². The molecular formula is C15H21N3O2S. The van der Waals surface area contributed by atoms with Gasteiger partial charge in [-0.15, -0.1) is 11.3 Å². The number of hydrogen-bond donors (Lipinski definition) is 2. The Morgan fingerprint density at radius 2 is 2.10 bits per heavy atom. The molecule has 5 nitrogen and oxygen atoms in total. The van der Waals surface area contributed by atoms with Crippen molar-refractivity contribution in [3.05, 3.63) is 21.7 Å². The Hall–Kier alpha value is -1.66. The van der Waals surface area contributed by atoms with Crippen molar-refractivity contribution < 1.29 is 9.53 Å². The summed E-state index contributed by atoms with van der Waals surface area (Å²) in [6, 6.07) is 0. The highest BCUT2D eigenvalue weighted by molar-refractivity contribution is 7.16. The van der Waals surface area contributed by atoms with Crippen LogP contribution in [-0.4, -0.2) is 36.0 Å². The standard InChI is InChI=1S/C15H21N3O2S/c1-8-12(10(3)19)9(2)17-13(8)14-11(4)21-15(18-14)16-6-7-20-5/h17H,6-7H2,1-5H3,(H,16,18). The number of nitrogens with one attached hydrogen (secondary N) is 2. The van der Waals surface area contributed by atoms with Gasteiger partial charge in [-0.25, -0.2) is 4.98 Å². The third-order valence-corrected chi connectivity index (χ3v) is 4.33. The molecule has 0 amide bonds. The van der Waals surface area contributed by atoms with Crippen LogP contribution in [0.25, 0.3) is 11.4 Å². The molecule has 6 heteroatoms. The van der Waals surface area contributed by atoms with E-state index >= 15 is 0 Å². The lowest BCUT2D eigenvalue weighted by Crippen LogP contribution is -2.07. The summed E-state index contributed by atoms with van der Waals surface area (Å²) in [6.45, 7) is 8.89. The molecule has 0 aliphatic heterocycles. The monoisotopic (exact) mass is 307 g/mol. The molecule has 2 aromatic heterocycles. The van der Waals surface area contributed by atoms with Gasteiger partial charge in [-0.3, -0.25) is 4.79 Å². The molecule has 0 unspecified atom stereocenters. The summed E-state index contributed by atoms with van der Waals surface area (Å²) in [6.07, 6.45) is 0. The van der Waals surface area contributed by atoms with Crippen LogP contribution in [0.1, 0.15) is 33.4 Å². The number of aromatic nitrogens is 2. The number of rotatable bonds is 6. The zero-order valence-electron chi connectivity index (χ0n) is 13.1. The number of methoxy groups -OCH3 is 1. The van der Waals surface area contributed by atoms with Crippen molar-refractivity contribution in [3.8, 4) is 11.4 Å². The number of carbonyl (C=O) groups is 1. The molecule has 2 N–H and O–H groups in total. The average molecular weight is 307 g/mol. The number of ketones is 1. The number of nitrogens with zero attached hydrogens (tertiary/aromatic N) is 1. The first kappa shape index (κ1) is 15.7. The van der Waals surface area contributed by atoms with Crippen molar-refractivity contribution in [3.63, 3.8) is 0 Å². The summed E-state index contributed by atoms with van der Waals surface area (Å²) in [5.41, 5.74) is 4.48. The zero-order valence-corrected chi connectivity index (χ0v) is 13.9. The van der Waals surface area contributed by atoms with Gasteiger partial charge in [0.15, 0.2) is 10.9 Å². The number of ether oxygens (including phenoxy) is 1. The highest BCUT2D eigenvalue weighted by atomic mass is 32.1. The van der Waals surface area contributed by atoms with Crippen molar-refractivity contribution in [1.82, 2.24) is 9.97 Å². The number of aryl methyl sites for hydroxylation is 2. The van der Waals surface area contributed by atoms with Crippen molar-refractivity contribution >= 4 is 22.3 Å². The van der Waals surface area contributed by atoms with Crippen LogP contribution in [0.5, 0.6) is 0 Å². The topological polar surface area (TPSA) is 67.0 Å². The minimum Gasteiger partial charge on any atom is -0.383 e. The Kier molecular flexibility index (Phi) is 4.80. The van der Waals surface area contributed by atoms with E-state index in [1.54, 1.807) is 25.4 Å². The smallest absolute Gasteiger partial charge is 0.183 e. The number of hydrogen-bond acceptors (Lipinski definition) is 5. The maximum atomic E-state index is 11.7. The Labute approximate surface area is 128 Å². The van der Waals surface area contributed by atoms with E-state index < -0.39 is 0 Å². The Morgan fingerprint density at radius 3 is 2.67 bits per heavy atom. The van der Waals surface area contributed by atoms with Gasteiger partial charge in [-0.05, 0) is 33.3 Å². The van der Waals surface area contributed by atoms with E-state index in [4.69, 9.17) is 4.74 Å². The summed E-state index contributed by atoms with van der Waals surface area (Å²) in [4.78, 5) is 20.8. The SMILES string of the molecule is COCCNc1nc(-c2[nH]c(C)c(C(C)=O)c2C)c(C)s1. The first-order valence-electron chi connectivity index (χ1n) is 6.86. The van der Waals surface area contributed by atoms with Gasteiger partial charge in [0.2, 0.25) is 0 Å². The largest absolute Gasteiger partial charge is 0.383 e. The van der Waals surface area contributed by atoms with Crippen LogP contribution < -0.4 is 5.32 Å². The van der Waals surface area contributed by atoms with Gasteiger partial charge in [-0.1, -0.05) is 0 Å². The molecule has 0 saturated heterocycles. The number of thiazole rings is 1. The fourth-order valence-corrected chi connectivity index (χ4v) is 3.32. The van der Waals surface area contributed by atoms with E-state index in [-0.39, 0.29) is 5.78 Å². The second-order valence-corrected chi connectivity index (χ2v) is 6.23. The molecule has 0 atom stereocenters. The highest BCUT2D eigenvalue weighted by Gasteiger charge is 2.19. The van der Waals surface area contributed by atoms with Crippen molar-refractivity contribution in [1.29, 1.82) is 0 Å². The molecule has 0 fully saturated rings. The quantitative estimate of drug-likeness (QED) is 0.634. The predicted octanol–water partition coefficient (Wildman–Crippen LogP) is 3.32. The fraction of sp³-hybridized carbons (Fsp3) is 0.467. The number of aromatic amines is 1. The molecule has 2 heterocycles. The molecule has 0 saturated carbocycles.